The average Bonchev–Trinajstić information content (AvgIpc) is 2.35. The molecule has 0 saturated carbocycles. The molecule has 5 nitrogen and oxygen atoms in total. The van der Waals surface area contributed by atoms with E-state index in [-0.39, 0.29) is 0 Å². The van der Waals surface area contributed by atoms with E-state index < -0.39 is 6.03 Å². The van der Waals surface area contributed by atoms with Crippen molar-refractivity contribution in [3.05, 3.63) is 23.8 Å². The van der Waals surface area contributed by atoms with Crippen LogP contribution in [-0.4, -0.2) is 38.7 Å². The van der Waals surface area contributed by atoms with Gasteiger partial charge in [0.2, 0.25) is 0 Å². The van der Waals surface area contributed by atoms with Crippen LogP contribution in [0.2, 0.25) is 0 Å². The summed E-state index contributed by atoms with van der Waals surface area (Å²) in [5.74, 6) is 1.38. The van der Waals surface area contributed by atoms with Crippen molar-refractivity contribution >= 4 is 6.03 Å². The molecule has 5 heteroatoms. The maximum atomic E-state index is 10.8. The molecule has 0 aliphatic heterocycles. The summed E-state index contributed by atoms with van der Waals surface area (Å²) in [6.07, 6.45) is 0.722. The van der Waals surface area contributed by atoms with Gasteiger partial charge in [-0.05, 0) is 24.1 Å². The van der Waals surface area contributed by atoms with E-state index in [4.69, 9.17) is 15.2 Å². The Morgan fingerprint density at radius 2 is 1.94 bits per heavy atom. The van der Waals surface area contributed by atoms with Gasteiger partial charge in [-0.1, -0.05) is 6.07 Å². The fourth-order valence-electron chi connectivity index (χ4n) is 1.44. The van der Waals surface area contributed by atoms with Crippen molar-refractivity contribution in [2.75, 3.05) is 27.8 Å². The molecule has 1 rings (SSSR count). The quantitative estimate of drug-likeness (QED) is 0.839. The first-order valence-electron chi connectivity index (χ1n) is 5.30. The van der Waals surface area contributed by atoms with E-state index in [1.165, 1.54) is 4.90 Å². The van der Waals surface area contributed by atoms with E-state index >= 15 is 0 Å². The minimum atomic E-state index is -0.425. The predicted octanol–water partition coefficient (Wildman–Crippen LogP) is 1.26. The summed E-state index contributed by atoms with van der Waals surface area (Å²) in [7, 11) is 4.86. The first-order valence-corrected chi connectivity index (χ1v) is 5.30. The minimum Gasteiger partial charge on any atom is -0.493 e. The van der Waals surface area contributed by atoms with E-state index in [0.29, 0.717) is 18.0 Å². The van der Waals surface area contributed by atoms with Crippen molar-refractivity contribution in [2.45, 2.75) is 6.42 Å². The molecule has 0 saturated heterocycles. The van der Waals surface area contributed by atoms with Crippen LogP contribution < -0.4 is 15.2 Å². The topological polar surface area (TPSA) is 64.8 Å². The Morgan fingerprint density at radius 1 is 1.29 bits per heavy atom. The molecule has 17 heavy (non-hydrogen) atoms. The molecular formula is C12H18N2O3. The van der Waals surface area contributed by atoms with Crippen LogP contribution in [0.15, 0.2) is 18.2 Å². The highest BCUT2D eigenvalue weighted by Gasteiger charge is 2.06. The SMILES string of the molecule is COc1ccc(CCN(C)C(N)=O)cc1OC. The Kier molecular flexibility index (Phi) is 4.63. The summed E-state index contributed by atoms with van der Waals surface area (Å²) in [5, 5.41) is 0. The van der Waals surface area contributed by atoms with Gasteiger partial charge in [0.1, 0.15) is 0 Å². The highest BCUT2D eigenvalue weighted by Crippen LogP contribution is 2.27. The summed E-state index contributed by atoms with van der Waals surface area (Å²) in [4.78, 5) is 12.3. The van der Waals surface area contributed by atoms with Crippen LogP contribution in [0.4, 0.5) is 4.79 Å². The Labute approximate surface area is 101 Å². The third-order valence-electron chi connectivity index (χ3n) is 2.56. The first kappa shape index (κ1) is 13.2. The zero-order valence-corrected chi connectivity index (χ0v) is 10.4. The largest absolute Gasteiger partial charge is 0.493 e. The minimum absolute atomic E-state index is 0.425. The lowest BCUT2D eigenvalue weighted by atomic mass is 10.1. The molecule has 0 aliphatic carbocycles. The standard InChI is InChI=1S/C12H18N2O3/c1-14(12(13)15)7-6-9-4-5-10(16-2)11(8-9)17-3/h4-5,8H,6-7H2,1-3H3,(H2,13,15). The maximum Gasteiger partial charge on any atom is 0.314 e. The molecule has 2 amide bonds. The Morgan fingerprint density at radius 3 is 2.47 bits per heavy atom. The molecular weight excluding hydrogens is 220 g/mol. The number of methoxy groups -OCH3 is 2. The molecule has 1 aromatic carbocycles. The molecule has 94 valence electrons. The molecule has 0 fully saturated rings. The van der Waals surface area contributed by atoms with Crippen LogP contribution >= 0.6 is 0 Å². The molecule has 0 unspecified atom stereocenters. The van der Waals surface area contributed by atoms with Crippen molar-refractivity contribution < 1.29 is 14.3 Å². The van der Waals surface area contributed by atoms with Crippen molar-refractivity contribution in [3.63, 3.8) is 0 Å². The maximum absolute atomic E-state index is 10.8. The third kappa shape index (κ3) is 3.55. The molecule has 1 aromatic rings. The van der Waals surface area contributed by atoms with Crippen LogP contribution in [0.5, 0.6) is 11.5 Å². The smallest absolute Gasteiger partial charge is 0.314 e. The second-order valence-electron chi connectivity index (χ2n) is 3.70. The van der Waals surface area contributed by atoms with Crippen molar-refractivity contribution in [1.29, 1.82) is 0 Å². The number of amides is 2. The number of ether oxygens (including phenoxy) is 2. The van der Waals surface area contributed by atoms with Crippen molar-refractivity contribution in [1.82, 2.24) is 4.90 Å². The number of benzene rings is 1. The Hall–Kier alpha value is -1.91. The number of hydrogen-bond acceptors (Lipinski definition) is 3. The zero-order valence-electron chi connectivity index (χ0n) is 10.4. The van der Waals surface area contributed by atoms with Gasteiger partial charge in [0.05, 0.1) is 14.2 Å². The van der Waals surface area contributed by atoms with Gasteiger partial charge in [-0.25, -0.2) is 4.79 Å². The highest BCUT2D eigenvalue weighted by molar-refractivity contribution is 5.71. The lowest BCUT2D eigenvalue weighted by Gasteiger charge is -2.14. The van der Waals surface area contributed by atoms with E-state index in [1.54, 1.807) is 21.3 Å². The molecule has 0 atom stereocenters. The van der Waals surface area contributed by atoms with Crippen LogP contribution in [0.1, 0.15) is 5.56 Å². The number of primary amides is 1. The Balaban J connectivity index is 2.69. The van der Waals surface area contributed by atoms with E-state index in [9.17, 15) is 4.79 Å². The normalized spacial score (nSPS) is 9.82. The number of likely N-dealkylation sites (N-methyl/N-ethyl adjacent to an activating group) is 1. The lowest BCUT2D eigenvalue weighted by molar-refractivity contribution is 0.219. The van der Waals surface area contributed by atoms with Crippen LogP contribution in [-0.2, 0) is 6.42 Å². The number of nitrogens with two attached hydrogens (primary N) is 1. The van der Waals surface area contributed by atoms with Gasteiger partial charge < -0.3 is 20.1 Å². The molecule has 0 spiro atoms. The summed E-state index contributed by atoms with van der Waals surface area (Å²) in [6, 6.07) is 5.26. The summed E-state index contributed by atoms with van der Waals surface area (Å²) in [6.45, 7) is 0.574. The van der Waals surface area contributed by atoms with Crippen LogP contribution in [0.25, 0.3) is 0 Å². The summed E-state index contributed by atoms with van der Waals surface area (Å²) >= 11 is 0. The number of hydrogen-bond donors (Lipinski definition) is 1. The molecule has 2 N–H and O–H groups in total. The summed E-state index contributed by atoms with van der Waals surface area (Å²) in [5.41, 5.74) is 6.21. The molecule has 0 aliphatic rings. The second kappa shape index (κ2) is 5.98. The summed E-state index contributed by atoms with van der Waals surface area (Å²) < 4.78 is 10.3. The van der Waals surface area contributed by atoms with Crippen molar-refractivity contribution in [3.8, 4) is 11.5 Å². The molecule has 0 aromatic heterocycles. The zero-order chi connectivity index (χ0) is 12.8. The van der Waals surface area contributed by atoms with Gasteiger partial charge >= 0.3 is 6.03 Å². The second-order valence-corrected chi connectivity index (χ2v) is 3.70. The average molecular weight is 238 g/mol. The van der Waals surface area contributed by atoms with Gasteiger partial charge in [-0.2, -0.15) is 0 Å². The van der Waals surface area contributed by atoms with Gasteiger partial charge in [0.25, 0.3) is 0 Å². The highest BCUT2D eigenvalue weighted by atomic mass is 16.5. The number of carbonyl (C=O) groups is 1. The van der Waals surface area contributed by atoms with Gasteiger partial charge in [-0.15, -0.1) is 0 Å². The fraction of sp³-hybridized carbons (Fsp3) is 0.417. The third-order valence-corrected chi connectivity index (χ3v) is 2.56. The van der Waals surface area contributed by atoms with Crippen molar-refractivity contribution in [2.24, 2.45) is 5.73 Å². The first-order chi connectivity index (χ1) is 8.08. The van der Waals surface area contributed by atoms with Gasteiger partial charge in [0.15, 0.2) is 11.5 Å². The van der Waals surface area contributed by atoms with E-state index in [1.807, 2.05) is 18.2 Å². The number of carbonyl (C=O) groups excluding carboxylic acids is 1. The van der Waals surface area contributed by atoms with Crippen LogP contribution in [0.3, 0.4) is 0 Å². The predicted molar refractivity (Wildman–Crippen MR) is 65.5 cm³/mol. The molecule has 0 radical (unpaired) electrons. The number of rotatable bonds is 5. The lowest BCUT2D eigenvalue weighted by Crippen LogP contribution is -2.33. The monoisotopic (exact) mass is 238 g/mol. The van der Waals surface area contributed by atoms with E-state index in [0.717, 1.165) is 12.0 Å². The Bertz CT molecular complexity index is 393. The van der Waals surface area contributed by atoms with Gasteiger partial charge in [-0.3, -0.25) is 0 Å². The van der Waals surface area contributed by atoms with Gasteiger partial charge in [0, 0.05) is 13.6 Å². The number of nitrogens with zero attached hydrogens (tertiary/aromatic N) is 1. The van der Waals surface area contributed by atoms with Crippen LogP contribution in [0, 0.1) is 0 Å². The number of urea groups is 1. The molecule has 0 heterocycles. The van der Waals surface area contributed by atoms with E-state index in [2.05, 4.69) is 0 Å². The molecule has 0 bridgehead atoms. The fourth-order valence-corrected chi connectivity index (χ4v) is 1.44.